The Morgan fingerprint density at radius 1 is 1.00 bits per heavy atom. The van der Waals surface area contributed by atoms with Gasteiger partial charge in [-0.1, -0.05) is 12.2 Å². The first-order valence-electron chi connectivity index (χ1n) is 4.68. The summed E-state index contributed by atoms with van der Waals surface area (Å²) in [7, 11) is 3.47. The van der Waals surface area contributed by atoms with Crippen LogP contribution < -0.4 is 0 Å². The zero-order valence-electron chi connectivity index (χ0n) is 8.10. The van der Waals surface area contributed by atoms with Crippen LogP contribution in [0, 0.1) is 11.8 Å². The topological polar surface area (TPSA) is 27.7 Å². The fourth-order valence-electron chi connectivity index (χ4n) is 2.29. The smallest absolute Gasteiger partial charge is 0.0819 e. The van der Waals surface area contributed by atoms with Crippen LogP contribution in [0.1, 0.15) is 0 Å². The molecular formula is C10H16O3. The maximum Gasteiger partial charge on any atom is 0.0819 e. The van der Waals surface area contributed by atoms with Gasteiger partial charge in [0, 0.05) is 26.1 Å². The van der Waals surface area contributed by atoms with Crippen LogP contribution >= 0.6 is 0 Å². The molecule has 13 heavy (non-hydrogen) atoms. The van der Waals surface area contributed by atoms with Crippen molar-refractivity contribution in [2.45, 2.75) is 12.2 Å². The summed E-state index contributed by atoms with van der Waals surface area (Å²) < 4.78 is 16.1. The summed E-state index contributed by atoms with van der Waals surface area (Å²) in [6, 6.07) is 0. The van der Waals surface area contributed by atoms with Crippen LogP contribution in [0.3, 0.4) is 0 Å². The molecule has 0 aliphatic carbocycles. The van der Waals surface area contributed by atoms with Crippen LogP contribution in [0.25, 0.3) is 0 Å². The van der Waals surface area contributed by atoms with Gasteiger partial charge in [-0.2, -0.15) is 0 Å². The largest absolute Gasteiger partial charge is 0.384 e. The maximum absolute atomic E-state index is 5.73. The number of hydrogen-bond acceptors (Lipinski definition) is 3. The molecule has 1 fully saturated rings. The lowest BCUT2D eigenvalue weighted by Gasteiger charge is -2.23. The zero-order chi connectivity index (χ0) is 9.26. The third-order valence-corrected chi connectivity index (χ3v) is 2.92. The second-order valence-corrected chi connectivity index (χ2v) is 3.69. The first-order valence-corrected chi connectivity index (χ1v) is 4.68. The molecule has 2 aliphatic heterocycles. The number of hydrogen-bond donors (Lipinski definition) is 0. The van der Waals surface area contributed by atoms with Gasteiger partial charge in [-0.25, -0.2) is 0 Å². The summed E-state index contributed by atoms with van der Waals surface area (Å²) in [5.41, 5.74) is 0. The van der Waals surface area contributed by atoms with Crippen molar-refractivity contribution in [3.63, 3.8) is 0 Å². The van der Waals surface area contributed by atoms with Crippen molar-refractivity contribution in [3.8, 4) is 0 Å². The minimum absolute atomic E-state index is 0.255. The zero-order valence-corrected chi connectivity index (χ0v) is 8.10. The van der Waals surface area contributed by atoms with Crippen molar-refractivity contribution in [1.82, 2.24) is 0 Å². The average molecular weight is 184 g/mol. The number of fused-ring (bicyclic) bond motifs is 2. The second kappa shape index (κ2) is 3.78. The summed E-state index contributed by atoms with van der Waals surface area (Å²) >= 11 is 0. The Bertz CT molecular complexity index is 182. The average Bonchev–Trinajstić information content (AvgIpc) is 2.69. The van der Waals surface area contributed by atoms with E-state index in [4.69, 9.17) is 14.2 Å². The van der Waals surface area contributed by atoms with E-state index in [1.54, 1.807) is 14.2 Å². The van der Waals surface area contributed by atoms with Gasteiger partial charge in [-0.3, -0.25) is 0 Å². The lowest BCUT2D eigenvalue weighted by Crippen LogP contribution is -2.30. The normalized spacial score (nSPS) is 41.7. The van der Waals surface area contributed by atoms with Crippen LogP contribution in [0.5, 0.6) is 0 Å². The molecule has 1 saturated heterocycles. The monoisotopic (exact) mass is 184 g/mol. The van der Waals surface area contributed by atoms with E-state index in [0.29, 0.717) is 11.8 Å². The fraction of sp³-hybridized carbons (Fsp3) is 0.800. The fourth-order valence-corrected chi connectivity index (χ4v) is 2.29. The van der Waals surface area contributed by atoms with Crippen LogP contribution in [0.2, 0.25) is 0 Å². The van der Waals surface area contributed by atoms with E-state index in [2.05, 4.69) is 12.2 Å². The summed E-state index contributed by atoms with van der Waals surface area (Å²) in [6.45, 7) is 1.53. The molecule has 4 atom stereocenters. The molecule has 2 heterocycles. The van der Waals surface area contributed by atoms with Crippen molar-refractivity contribution in [2.75, 3.05) is 27.4 Å². The maximum atomic E-state index is 5.73. The van der Waals surface area contributed by atoms with Crippen molar-refractivity contribution in [3.05, 3.63) is 12.2 Å². The Morgan fingerprint density at radius 2 is 1.46 bits per heavy atom. The SMILES string of the molecule is COCC1C2C=CC(O2)C1COC. The standard InChI is InChI=1S/C10H16O3/c1-11-5-7-8(6-12-2)10-4-3-9(7)13-10/h3-4,7-10H,5-6H2,1-2H3. The highest BCUT2D eigenvalue weighted by molar-refractivity contribution is 5.14. The van der Waals surface area contributed by atoms with Crippen LogP contribution in [0.15, 0.2) is 12.2 Å². The van der Waals surface area contributed by atoms with E-state index < -0.39 is 0 Å². The lowest BCUT2D eigenvalue weighted by atomic mass is 9.84. The molecular weight excluding hydrogens is 168 g/mol. The molecule has 2 bridgehead atoms. The van der Waals surface area contributed by atoms with Gasteiger partial charge in [0.25, 0.3) is 0 Å². The Morgan fingerprint density at radius 3 is 1.85 bits per heavy atom. The van der Waals surface area contributed by atoms with E-state index in [-0.39, 0.29) is 12.2 Å². The van der Waals surface area contributed by atoms with Gasteiger partial charge >= 0.3 is 0 Å². The van der Waals surface area contributed by atoms with Gasteiger partial charge in [0.15, 0.2) is 0 Å². The van der Waals surface area contributed by atoms with Gasteiger partial charge in [0.2, 0.25) is 0 Å². The molecule has 0 amide bonds. The van der Waals surface area contributed by atoms with Crippen LogP contribution in [-0.2, 0) is 14.2 Å². The predicted octanol–water partition coefficient (Wildman–Crippen LogP) is 0.849. The summed E-state index contributed by atoms with van der Waals surface area (Å²) in [6.07, 6.45) is 4.79. The van der Waals surface area contributed by atoms with Gasteiger partial charge in [-0.05, 0) is 0 Å². The van der Waals surface area contributed by atoms with Gasteiger partial charge in [-0.15, -0.1) is 0 Å². The lowest BCUT2D eigenvalue weighted by molar-refractivity contribution is 0.0799. The highest BCUT2D eigenvalue weighted by Gasteiger charge is 2.45. The molecule has 2 aliphatic rings. The molecule has 0 radical (unpaired) electrons. The van der Waals surface area contributed by atoms with Crippen molar-refractivity contribution >= 4 is 0 Å². The van der Waals surface area contributed by atoms with E-state index in [1.807, 2.05) is 0 Å². The van der Waals surface area contributed by atoms with E-state index in [9.17, 15) is 0 Å². The molecule has 0 aromatic heterocycles. The van der Waals surface area contributed by atoms with Gasteiger partial charge in [0.05, 0.1) is 25.4 Å². The minimum atomic E-state index is 0.255. The Hall–Kier alpha value is -0.380. The predicted molar refractivity (Wildman–Crippen MR) is 48.5 cm³/mol. The first-order chi connectivity index (χ1) is 6.36. The molecule has 0 spiro atoms. The summed E-state index contributed by atoms with van der Waals surface area (Å²) in [4.78, 5) is 0. The molecule has 0 aromatic carbocycles. The van der Waals surface area contributed by atoms with Crippen molar-refractivity contribution in [1.29, 1.82) is 0 Å². The highest BCUT2D eigenvalue weighted by Crippen LogP contribution is 2.39. The summed E-state index contributed by atoms with van der Waals surface area (Å²) in [5, 5.41) is 0. The minimum Gasteiger partial charge on any atom is -0.384 e. The van der Waals surface area contributed by atoms with E-state index in [0.717, 1.165) is 13.2 Å². The van der Waals surface area contributed by atoms with E-state index in [1.165, 1.54) is 0 Å². The number of ether oxygens (including phenoxy) is 3. The van der Waals surface area contributed by atoms with Gasteiger partial charge in [0.1, 0.15) is 0 Å². The number of methoxy groups -OCH3 is 2. The second-order valence-electron chi connectivity index (χ2n) is 3.69. The molecule has 0 saturated carbocycles. The van der Waals surface area contributed by atoms with Gasteiger partial charge < -0.3 is 14.2 Å². The summed E-state index contributed by atoms with van der Waals surface area (Å²) in [5.74, 6) is 0.944. The molecule has 3 nitrogen and oxygen atoms in total. The molecule has 3 heteroatoms. The quantitative estimate of drug-likeness (QED) is 0.606. The third-order valence-electron chi connectivity index (χ3n) is 2.92. The van der Waals surface area contributed by atoms with E-state index >= 15 is 0 Å². The Labute approximate surface area is 78.7 Å². The highest BCUT2D eigenvalue weighted by atomic mass is 16.5. The Balaban J connectivity index is 2.02. The van der Waals surface area contributed by atoms with Crippen molar-refractivity contribution < 1.29 is 14.2 Å². The first kappa shape index (κ1) is 9.19. The Kier molecular flexibility index (Phi) is 2.67. The third kappa shape index (κ3) is 1.52. The molecule has 4 unspecified atom stereocenters. The molecule has 0 N–H and O–H groups in total. The van der Waals surface area contributed by atoms with Crippen LogP contribution in [0.4, 0.5) is 0 Å². The number of rotatable bonds is 4. The molecule has 0 aromatic rings. The molecule has 74 valence electrons. The van der Waals surface area contributed by atoms with Crippen molar-refractivity contribution in [2.24, 2.45) is 11.8 Å². The van der Waals surface area contributed by atoms with Crippen LogP contribution in [-0.4, -0.2) is 39.6 Å². The molecule has 2 rings (SSSR count).